The molecule has 1 aromatic carbocycles. The predicted molar refractivity (Wildman–Crippen MR) is 127 cm³/mol. The number of methoxy groups -OCH3 is 1. The van der Waals surface area contributed by atoms with Gasteiger partial charge in [0.05, 0.1) is 30.6 Å². The van der Waals surface area contributed by atoms with Crippen LogP contribution in [-0.2, 0) is 4.74 Å². The lowest BCUT2D eigenvalue weighted by Gasteiger charge is -2.35. The quantitative estimate of drug-likeness (QED) is 0.536. The maximum atomic E-state index is 13.2. The van der Waals surface area contributed by atoms with Gasteiger partial charge in [-0.1, -0.05) is 0 Å². The first kappa shape index (κ1) is 22.9. The molecule has 4 heterocycles. The second-order valence-corrected chi connectivity index (χ2v) is 8.98. The summed E-state index contributed by atoms with van der Waals surface area (Å²) in [4.78, 5) is 33.7. The molecule has 2 saturated heterocycles. The number of carbonyl (C=O) groups excluding carboxylic acids is 2. The molecule has 0 aliphatic carbocycles. The maximum absolute atomic E-state index is 13.2. The Balaban J connectivity index is 1.15. The van der Waals surface area contributed by atoms with Crippen LogP contribution in [0.5, 0.6) is 11.5 Å². The van der Waals surface area contributed by atoms with Crippen LogP contribution in [0.15, 0.2) is 36.5 Å². The van der Waals surface area contributed by atoms with Crippen molar-refractivity contribution in [3.05, 3.63) is 53.5 Å². The molecule has 2 aliphatic heterocycles. The van der Waals surface area contributed by atoms with Gasteiger partial charge in [0.25, 0.3) is 5.91 Å². The van der Waals surface area contributed by atoms with Crippen molar-refractivity contribution in [1.82, 2.24) is 24.4 Å². The van der Waals surface area contributed by atoms with Crippen LogP contribution in [0.25, 0.3) is 5.65 Å². The zero-order valence-corrected chi connectivity index (χ0v) is 20.1. The standard InChI is InChI=1S/C25H29N5O5/c1-16-12-23-26-13-22(17(2)30(23)27-16)24(31)28-10-8-18(9-11-28)29-14-21(35-25(29)32)15-34-20-6-4-19(33-3)5-7-20/h4-7,12-13,18,21H,8-11,14-15H2,1-3H3. The number of ether oxygens (including phenoxy) is 3. The molecule has 1 atom stereocenters. The zero-order chi connectivity index (χ0) is 24.5. The first-order valence-electron chi connectivity index (χ1n) is 11.8. The molecule has 0 bridgehead atoms. The highest BCUT2D eigenvalue weighted by atomic mass is 16.6. The number of hydrogen-bond donors (Lipinski definition) is 0. The van der Waals surface area contributed by atoms with Crippen molar-refractivity contribution < 1.29 is 23.8 Å². The van der Waals surface area contributed by atoms with Gasteiger partial charge in [0.1, 0.15) is 18.1 Å². The topological polar surface area (TPSA) is 98.5 Å². The molecule has 10 heteroatoms. The Morgan fingerprint density at radius 1 is 1.14 bits per heavy atom. The lowest BCUT2D eigenvalue weighted by atomic mass is 10.0. The summed E-state index contributed by atoms with van der Waals surface area (Å²) in [6.45, 7) is 5.68. The van der Waals surface area contributed by atoms with Gasteiger partial charge in [-0.05, 0) is 51.0 Å². The molecule has 2 aromatic heterocycles. The first-order chi connectivity index (χ1) is 16.9. The summed E-state index contributed by atoms with van der Waals surface area (Å²) in [6, 6.07) is 9.21. The highest BCUT2D eigenvalue weighted by molar-refractivity contribution is 5.95. The van der Waals surface area contributed by atoms with Gasteiger partial charge in [0.15, 0.2) is 11.8 Å². The largest absolute Gasteiger partial charge is 0.497 e. The predicted octanol–water partition coefficient (Wildman–Crippen LogP) is 2.86. The molecule has 1 unspecified atom stereocenters. The number of cyclic esters (lactones) is 1. The first-order valence-corrected chi connectivity index (χ1v) is 11.8. The molecule has 184 valence electrons. The van der Waals surface area contributed by atoms with E-state index >= 15 is 0 Å². The number of rotatable bonds is 6. The Hall–Kier alpha value is -3.82. The zero-order valence-electron chi connectivity index (χ0n) is 20.1. The minimum Gasteiger partial charge on any atom is -0.497 e. The van der Waals surface area contributed by atoms with E-state index in [1.54, 1.807) is 22.7 Å². The third-order valence-electron chi connectivity index (χ3n) is 6.67. The van der Waals surface area contributed by atoms with Crippen molar-refractivity contribution in [3.63, 3.8) is 0 Å². The Morgan fingerprint density at radius 2 is 1.86 bits per heavy atom. The molecule has 35 heavy (non-hydrogen) atoms. The van der Waals surface area contributed by atoms with E-state index < -0.39 is 0 Å². The molecule has 2 aliphatic rings. The van der Waals surface area contributed by atoms with E-state index in [2.05, 4.69) is 10.1 Å². The normalized spacial score (nSPS) is 18.7. The highest BCUT2D eigenvalue weighted by Crippen LogP contribution is 2.25. The van der Waals surface area contributed by atoms with Crippen molar-refractivity contribution in [3.8, 4) is 11.5 Å². The van der Waals surface area contributed by atoms with E-state index in [1.165, 1.54) is 0 Å². The number of carbonyl (C=O) groups is 2. The van der Waals surface area contributed by atoms with Crippen LogP contribution in [0.4, 0.5) is 4.79 Å². The number of benzene rings is 1. The molecule has 10 nitrogen and oxygen atoms in total. The summed E-state index contributed by atoms with van der Waals surface area (Å²) in [5.41, 5.74) is 2.91. The smallest absolute Gasteiger partial charge is 0.410 e. The van der Waals surface area contributed by atoms with Crippen molar-refractivity contribution in [2.24, 2.45) is 0 Å². The number of piperidine rings is 1. The molecular weight excluding hydrogens is 450 g/mol. The van der Waals surface area contributed by atoms with Crippen LogP contribution in [-0.4, -0.2) is 81.9 Å². The van der Waals surface area contributed by atoms with Gasteiger partial charge >= 0.3 is 6.09 Å². The molecule has 0 radical (unpaired) electrons. The second-order valence-electron chi connectivity index (χ2n) is 8.98. The van der Waals surface area contributed by atoms with Gasteiger partial charge in [-0.2, -0.15) is 5.10 Å². The number of amides is 2. The molecule has 0 saturated carbocycles. The Morgan fingerprint density at radius 3 is 2.57 bits per heavy atom. The molecule has 5 rings (SSSR count). The van der Waals surface area contributed by atoms with E-state index in [0.717, 1.165) is 22.8 Å². The highest BCUT2D eigenvalue weighted by Gasteiger charge is 2.38. The van der Waals surface area contributed by atoms with Crippen molar-refractivity contribution in [1.29, 1.82) is 0 Å². The average Bonchev–Trinajstić information content (AvgIpc) is 3.45. The van der Waals surface area contributed by atoms with Gasteiger partial charge in [-0.15, -0.1) is 0 Å². The monoisotopic (exact) mass is 479 g/mol. The van der Waals surface area contributed by atoms with Crippen molar-refractivity contribution in [2.45, 2.75) is 38.8 Å². The van der Waals surface area contributed by atoms with Gasteiger partial charge < -0.3 is 24.0 Å². The van der Waals surface area contributed by atoms with Crippen LogP contribution >= 0.6 is 0 Å². The number of nitrogens with zero attached hydrogens (tertiary/aromatic N) is 5. The summed E-state index contributed by atoms with van der Waals surface area (Å²) in [6.07, 6.45) is 2.37. The number of hydrogen-bond acceptors (Lipinski definition) is 7. The molecule has 3 aromatic rings. The fraction of sp³-hybridized carbons (Fsp3) is 0.440. The Labute approximate surface area is 203 Å². The summed E-state index contributed by atoms with van der Waals surface area (Å²) in [5.74, 6) is 1.39. The van der Waals surface area contributed by atoms with Crippen LogP contribution in [0.1, 0.15) is 34.6 Å². The van der Waals surface area contributed by atoms with Crippen LogP contribution in [0.2, 0.25) is 0 Å². The summed E-state index contributed by atoms with van der Waals surface area (Å²) < 4.78 is 18.2. The summed E-state index contributed by atoms with van der Waals surface area (Å²) >= 11 is 0. The fourth-order valence-corrected chi connectivity index (χ4v) is 4.71. The Bertz CT molecular complexity index is 1230. The fourth-order valence-electron chi connectivity index (χ4n) is 4.71. The molecular formula is C25H29N5O5. The molecule has 0 N–H and O–H groups in total. The minimum absolute atomic E-state index is 0.0352. The van der Waals surface area contributed by atoms with Crippen LogP contribution < -0.4 is 9.47 Å². The van der Waals surface area contributed by atoms with E-state index in [4.69, 9.17) is 14.2 Å². The number of aryl methyl sites for hydroxylation is 2. The molecule has 2 amide bonds. The van der Waals surface area contributed by atoms with Crippen LogP contribution in [0.3, 0.4) is 0 Å². The maximum Gasteiger partial charge on any atom is 0.410 e. The van der Waals surface area contributed by atoms with Crippen LogP contribution in [0, 0.1) is 13.8 Å². The lowest BCUT2D eigenvalue weighted by Crippen LogP contribution is -2.47. The van der Waals surface area contributed by atoms with Gasteiger partial charge in [-0.3, -0.25) is 4.79 Å². The third kappa shape index (κ3) is 4.60. The average molecular weight is 480 g/mol. The number of likely N-dealkylation sites (tertiary alicyclic amines) is 1. The summed E-state index contributed by atoms with van der Waals surface area (Å²) in [7, 11) is 1.61. The SMILES string of the molecule is COc1ccc(OCC2CN(C3CCN(C(=O)c4cnc5cc(C)nn5c4C)CC3)C(=O)O2)cc1. The van der Waals surface area contributed by atoms with Gasteiger partial charge in [-0.25, -0.2) is 14.3 Å². The van der Waals surface area contributed by atoms with Gasteiger partial charge in [0, 0.05) is 31.4 Å². The van der Waals surface area contributed by atoms with Gasteiger partial charge in [0.2, 0.25) is 0 Å². The second kappa shape index (κ2) is 9.44. The van der Waals surface area contributed by atoms with E-state index in [9.17, 15) is 9.59 Å². The minimum atomic E-state index is -0.331. The van der Waals surface area contributed by atoms with E-state index in [-0.39, 0.29) is 30.8 Å². The number of aromatic nitrogens is 3. The molecule has 0 spiro atoms. The van der Waals surface area contributed by atoms with E-state index in [1.807, 2.05) is 49.1 Å². The number of fused-ring (bicyclic) bond motifs is 1. The van der Waals surface area contributed by atoms with Crippen molar-refractivity contribution in [2.75, 3.05) is 33.4 Å². The summed E-state index contributed by atoms with van der Waals surface area (Å²) in [5, 5.41) is 4.43. The third-order valence-corrected chi connectivity index (χ3v) is 6.67. The molecule has 2 fully saturated rings. The van der Waals surface area contributed by atoms with E-state index in [0.29, 0.717) is 43.8 Å². The van der Waals surface area contributed by atoms with Crippen molar-refractivity contribution >= 4 is 17.6 Å². The Kier molecular flexibility index (Phi) is 6.19. The lowest BCUT2D eigenvalue weighted by molar-refractivity contribution is 0.0656.